The van der Waals surface area contributed by atoms with E-state index in [0.29, 0.717) is 18.4 Å². The van der Waals surface area contributed by atoms with Crippen LogP contribution in [0.3, 0.4) is 0 Å². The van der Waals surface area contributed by atoms with Gasteiger partial charge in [0.1, 0.15) is 0 Å². The Hall–Kier alpha value is -0.690. The van der Waals surface area contributed by atoms with E-state index in [1.165, 1.54) is 6.16 Å². The standard InChI is InChI=1S/C14H20NO2P/c1-2-18-7-3-6-15-13(16)11-9-4-5-10(8-9)12(11)14(15)17/h4-5,9-12,18H,2-3,6-8H2,1H3. The molecule has 3 aliphatic rings. The molecule has 1 saturated carbocycles. The largest absolute Gasteiger partial charge is 0.282 e. The van der Waals surface area contributed by atoms with Gasteiger partial charge in [-0.05, 0) is 37.0 Å². The van der Waals surface area contributed by atoms with Gasteiger partial charge in [0.15, 0.2) is 0 Å². The quantitative estimate of drug-likeness (QED) is 0.329. The molecular formula is C14H20NO2P. The summed E-state index contributed by atoms with van der Waals surface area (Å²) in [5.74, 6) is 0.892. The Balaban J connectivity index is 1.65. The van der Waals surface area contributed by atoms with Crippen LogP contribution in [-0.4, -0.2) is 35.6 Å². The van der Waals surface area contributed by atoms with Gasteiger partial charge >= 0.3 is 0 Å². The molecule has 2 amide bonds. The van der Waals surface area contributed by atoms with E-state index in [1.54, 1.807) is 4.90 Å². The fraction of sp³-hybridized carbons (Fsp3) is 0.714. The maximum atomic E-state index is 12.3. The van der Waals surface area contributed by atoms with Crippen molar-refractivity contribution in [3.8, 4) is 0 Å². The molecule has 3 rings (SSSR count). The van der Waals surface area contributed by atoms with Gasteiger partial charge in [0, 0.05) is 6.54 Å². The van der Waals surface area contributed by atoms with Gasteiger partial charge in [0.05, 0.1) is 11.8 Å². The van der Waals surface area contributed by atoms with Crippen LogP contribution in [0.1, 0.15) is 19.8 Å². The van der Waals surface area contributed by atoms with Gasteiger partial charge < -0.3 is 0 Å². The SMILES string of the molecule is CCPCCCN1C(=O)C2C3C=CC(C3)C2C1=O. The van der Waals surface area contributed by atoms with Crippen molar-refractivity contribution >= 4 is 20.4 Å². The van der Waals surface area contributed by atoms with Gasteiger partial charge in [0.25, 0.3) is 0 Å². The molecule has 1 saturated heterocycles. The molecule has 0 N–H and O–H groups in total. The van der Waals surface area contributed by atoms with Crippen molar-refractivity contribution in [1.82, 2.24) is 4.90 Å². The summed E-state index contributed by atoms with van der Waals surface area (Å²) in [6.07, 6.45) is 8.66. The van der Waals surface area contributed by atoms with E-state index in [-0.39, 0.29) is 23.7 Å². The highest BCUT2D eigenvalue weighted by atomic mass is 31.1. The second-order valence-electron chi connectivity index (χ2n) is 5.54. The van der Waals surface area contributed by atoms with Gasteiger partial charge in [-0.25, -0.2) is 0 Å². The fourth-order valence-electron chi connectivity index (χ4n) is 3.72. The van der Waals surface area contributed by atoms with Crippen LogP contribution in [-0.2, 0) is 9.59 Å². The molecule has 18 heavy (non-hydrogen) atoms. The van der Waals surface area contributed by atoms with Crippen LogP contribution < -0.4 is 0 Å². The summed E-state index contributed by atoms with van der Waals surface area (Å²) < 4.78 is 0. The maximum absolute atomic E-state index is 12.3. The number of imide groups is 1. The van der Waals surface area contributed by atoms with Crippen molar-refractivity contribution in [2.75, 3.05) is 18.9 Å². The second-order valence-corrected chi connectivity index (χ2v) is 7.24. The molecule has 98 valence electrons. The summed E-state index contributed by atoms with van der Waals surface area (Å²) in [5.41, 5.74) is 0. The molecule has 5 atom stereocenters. The molecule has 2 fully saturated rings. The number of hydrogen-bond donors (Lipinski definition) is 0. The number of carbonyl (C=O) groups is 2. The highest BCUT2D eigenvalue weighted by Crippen LogP contribution is 2.52. The minimum absolute atomic E-state index is 0.0128. The molecule has 0 aromatic carbocycles. The van der Waals surface area contributed by atoms with Crippen molar-refractivity contribution in [1.29, 1.82) is 0 Å². The number of nitrogens with zero attached hydrogens (tertiary/aromatic N) is 1. The number of hydrogen-bond acceptors (Lipinski definition) is 2. The lowest BCUT2D eigenvalue weighted by Gasteiger charge is -2.16. The molecule has 4 heteroatoms. The molecule has 5 unspecified atom stereocenters. The summed E-state index contributed by atoms with van der Waals surface area (Å²) in [6.45, 7) is 2.83. The highest BCUT2D eigenvalue weighted by molar-refractivity contribution is 7.37. The molecule has 1 heterocycles. The van der Waals surface area contributed by atoms with Crippen molar-refractivity contribution in [3.05, 3.63) is 12.2 Å². The van der Waals surface area contributed by atoms with E-state index in [9.17, 15) is 9.59 Å². The number of carbonyl (C=O) groups excluding carboxylic acids is 2. The van der Waals surface area contributed by atoms with E-state index >= 15 is 0 Å². The lowest BCUT2D eigenvalue weighted by Crippen LogP contribution is -2.34. The molecule has 0 radical (unpaired) electrons. The van der Waals surface area contributed by atoms with Gasteiger partial charge in [-0.1, -0.05) is 19.1 Å². The molecule has 1 aliphatic heterocycles. The average Bonchev–Trinajstić information content (AvgIpc) is 3.02. The Morgan fingerprint density at radius 1 is 1.22 bits per heavy atom. The van der Waals surface area contributed by atoms with Crippen molar-refractivity contribution < 1.29 is 9.59 Å². The minimum Gasteiger partial charge on any atom is -0.282 e. The minimum atomic E-state index is -0.0128. The summed E-state index contributed by atoms with van der Waals surface area (Å²) in [7, 11) is 0.965. The number of likely N-dealkylation sites (tertiary alicyclic amines) is 1. The number of fused-ring (bicyclic) bond motifs is 5. The third kappa shape index (κ3) is 1.75. The number of allylic oxidation sites excluding steroid dienone is 2. The zero-order valence-electron chi connectivity index (χ0n) is 10.8. The average molecular weight is 265 g/mol. The zero-order chi connectivity index (χ0) is 12.7. The molecular weight excluding hydrogens is 245 g/mol. The summed E-state index contributed by atoms with van der Waals surface area (Å²) in [4.78, 5) is 26.2. The van der Waals surface area contributed by atoms with Crippen LogP contribution in [0, 0.1) is 23.7 Å². The third-order valence-corrected chi connectivity index (χ3v) is 5.75. The highest BCUT2D eigenvalue weighted by Gasteiger charge is 2.58. The first-order valence-corrected chi connectivity index (χ1v) is 8.39. The number of rotatable bonds is 5. The van der Waals surface area contributed by atoms with Crippen LogP contribution in [0.4, 0.5) is 0 Å². The first-order valence-electron chi connectivity index (χ1n) is 6.98. The lowest BCUT2D eigenvalue weighted by atomic mass is 9.85. The van der Waals surface area contributed by atoms with Crippen molar-refractivity contribution in [2.45, 2.75) is 19.8 Å². The van der Waals surface area contributed by atoms with Gasteiger partial charge in [-0.2, -0.15) is 0 Å². The van der Waals surface area contributed by atoms with E-state index in [0.717, 1.165) is 27.6 Å². The van der Waals surface area contributed by atoms with Crippen LogP contribution >= 0.6 is 8.58 Å². The fourth-order valence-corrected chi connectivity index (χ4v) is 4.49. The molecule has 0 aromatic heterocycles. The van der Waals surface area contributed by atoms with Gasteiger partial charge in [-0.15, -0.1) is 8.58 Å². The monoisotopic (exact) mass is 265 g/mol. The molecule has 0 spiro atoms. The van der Waals surface area contributed by atoms with Crippen LogP contribution in [0.25, 0.3) is 0 Å². The normalized spacial score (nSPS) is 37.5. The smallest absolute Gasteiger partial charge is 0.233 e. The molecule has 2 aliphatic carbocycles. The predicted molar refractivity (Wildman–Crippen MR) is 72.8 cm³/mol. The van der Waals surface area contributed by atoms with E-state index in [4.69, 9.17) is 0 Å². The third-order valence-electron chi connectivity index (χ3n) is 4.55. The molecule has 0 aromatic rings. The molecule has 3 nitrogen and oxygen atoms in total. The zero-order valence-corrected chi connectivity index (χ0v) is 11.8. The summed E-state index contributed by atoms with van der Waals surface area (Å²) in [5, 5.41) is 0. The van der Waals surface area contributed by atoms with Gasteiger partial charge in [0.2, 0.25) is 11.8 Å². The van der Waals surface area contributed by atoms with Crippen LogP contribution in [0.15, 0.2) is 12.2 Å². The topological polar surface area (TPSA) is 37.4 Å². The van der Waals surface area contributed by atoms with Crippen molar-refractivity contribution in [2.24, 2.45) is 23.7 Å². The number of amides is 2. The summed E-state index contributed by atoms with van der Waals surface area (Å²) in [6, 6.07) is 0. The molecule has 2 bridgehead atoms. The maximum Gasteiger partial charge on any atom is 0.233 e. The van der Waals surface area contributed by atoms with Crippen LogP contribution in [0.5, 0.6) is 0 Å². The van der Waals surface area contributed by atoms with E-state index in [1.807, 2.05) is 0 Å². The Morgan fingerprint density at radius 2 is 1.83 bits per heavy atom. The first-order chi connectivity index (χ1) is 8.74. The Kier molecular flexibility index (Phi) is 3.27. The van der Waals surface area contributed by atoms with E-state index in [2.05, 4.69) is 19.1 Å². The lowest BCUT2D eigenvalue weighted by molar-refractivity contribution is -0.140. The Bertz CT molecular complexity index is 377. The Labute approximate surface area is 110 Å². The predicted octanol–water partition coefficient (Wildman–Crippen LogP) is 1.88. The van der Waals surface area contributed by atoms with Gasteiger partial charge in [-0.3, -0.25) is 14.5 Å². The van der Waals surface area contributed by atoms with Crippen molar-refractivity contribution in [3.63, 3.8) is 0 Å². The summed E-state index contributed by atoms with van der Waals surface area (Å²) >= 11 is 0. The Morgan fingerprint density at radius 3 is 2.39 bits per heavy atom. The van der Waals surface area contributed by atoms with Crippen LogP contribution in [0.2, 0.25) is 0 Å². The first kappa shape index (κ1) is 12.3. The van der Waals surface area contributed by atoms with E-state index < -0.39 is 0 Å². The second kappa shape index (κ2) is 4.77.